The summed E-state index contributed by atoms with van der Waals surface area (Å²) in [6.07, 6.45) is 4.91. The van der Waals surface area contributed by atoms with E-state index in [1.807, 2.05) is 6.07 Å². The van der Waals surface area contributed by atoms with Gasteiger partial charge >= 0.3 is 0 Å². The highest BCUT2D eigenvalue weighted by atomic mass is 16.5. The topological polar surface area (TPSA) is 91.1 Å². The number of fused-ring (bicyclic) bond motifs is 1. The van der Waals surface area contributed by atoms with E-state index in [0.717, 1.165) is 18.8 Å². The van der Waals surface area contributed by atoms with Crippen molar-refractivity contribution in [3.8, 4) is 5.75 Å². The van der Waals surface area contributed by atoms with Crippen molar-refractivity contribution in [2.75, 3.05) is 11.9 Å². The average Bonchev–Trinajstić information content (AvgIpc) is 3.27. The third-order valence-electron chi connectivity index (χ3n) is 4.08. The minimum atomic E-state index is -0.292. The Morgan fingerprint density at radius 2 is 2.32 bits per heavy atom. The Morgan fingerprint density at radius 1 is 1.36 bits per heavy atom. The van der Waals surface area contributed by atoms with Crippen molar-refractivity contribution in [3.63, 3.8) is 0 Å². The summed E-state index contributed by atoms with van der Waals surface area (Å²) in [5, 5.41) is 2.75. The van der Waals surface area contributed by atoms with Crippen LogP contribution >= 0.6 is 0 Å². The Hall–Kier alpha value is -2.38. The fraction of sp³-hybridized carbons (Fsp3) is 0.333. The highest BCUT2D eigenvalue weighted by Crippen LogP contribution is 2.30. The first kappa shape index (κ1) is 13.3. The van der Waals surface area contributed by atoms with Gasteiger partial charge in [0.1, 0.15) is 11.8 Å². The molecule has 0 bridgehead atoms. The van der Waals surface area contributed by atoms with E-state index in [1.165, 1.54) is 11.1 Å². The lowest BCUT2D eigenvalue weighted by Gasteiger charge is -2.11. The van der Waals surface area contributed by atoms with Crippen LogP contribution in [0.4, 0.5) is 5.95 Å². The maximum absolute atomic E-state index is 12.2. The molecular formula is C15H17N5O2. The van der Waals surface area contributed by atoms with Gasteiger partial charge in [-0.05, 0) is 23.6 Å². The molecule has 0 aliphatic carbocycles. The first-order valence-electron chi connectivity index (χ1n) is 7.36. The van der Waals surface area contributed by atoms with Crippen LogP contribution in [0.1, 0.15) is 23.6 Å². The quantitative estimate of drug-likeness (QED) is 0.676. The number of anilines is 1. The van der Waals surface area contributed by atoms with E-state index < -0.39 is 0 Å². The molecule has 0 saturated carbocycles. The number of hydrogen-bond donors (Lipinski definition) is 4. The molecule has 7 heteroatoms. The maximum atomic E-state index is 12.2. The second-order valence-corrected chi connectivity index (χ2v) is 5.52. The van der Waals surface area contributed by atoms with Gasteiger partial charge in [-0.15, -0.1) is 0 Å². The van der Waals surface area contributed by atoms with Gasteiger partial charge < -0.3 is 9.72 Å². The van der Waals surface area contributed by atoms with Gasteiger partial charge in [-0.25, -0.2) is 15.8 Å². The first-order valence-corrected chi connectivity index (χ1v) is 7.36. The number of ether oxygens (including phenoxy) is 1. The molecule has 2 atom stereocenters. The molecule has 114 valence electrons. The molecule has 0 spiro atoms. The van der Waals surface area contributed by atoms with Crippen LogP contribution in [-0.2, 0) is 11.2 Å². The zero-order valence-corrected chi connectivity index (χ0v) is 11.9. The molecular weight excluding hydrogens is 282 g/mol. The lowest BCUT2D eigenvalue weighted by atomic mass is 9.99. The zero-order valence-electron chi connectivity index (χ0n) is 11.9. The number of nitrogens with one attached hydrogen (secondary N) is 4. The minimum Gasteiger partial charge on any atom is -0.493 e. The summed E-state index contributed by atoms with van der Waals surface area (Å²) in [5.74, 6) is 1.33. The normalized spacial score (nSPS) is 23.1. The Labute approximate surface area is 127 Å². The molecule has 4 rings (SSSR count). The molecule has 1 aromatic carbocycles. The maximum Gasteiger partial charge on any atom is 0.245 e. The summed E-state index contributed by atoms with van der Waals surface area (Å²) >= 11 is 0. The van der Waals surface area contributed by atoms with E-state index in [9.17, 15) is 4.79 Å². The van der Waals surface area contributed by atoms with Gasteiger partial charge in [0.25, 0.3) is 0 Å². The van der Waals surface area contributed by atoms with Crippen molar-refractivity contribution in [2.45, 2.75) is 24.9 Å². The molecule has 22 heavy (non-hydrogen) atoms. The number of hydrazine groups is 1. The molecule has 1 amide bonds. The van der Waals surface area contributed by atoms with Gasteiger partial charge in [-0.2, -0.15) is 0 Å². The second kappa shape index (κ2) is 5.43. The van der Waals surface area contributed by atoms with Crippen molar-refractivity contribution in [3.05, 3.63) is 41.7 Å². The van der Waals surface area contributed by atoms with Crippen LogP contribution in [0.25, 0.3) is 0 Å². The Balaban J connectivity index is 1.42. The molecule has 2 aromatic rings. The largest absolute Gasteiger partial charge is 0.493 e. The molecule has 3 heterocycles. The van der Waals surface area contributed by atoms with Gasteiger partial charge in [-0.1, -0.05) is 12.1 Å². The number of rotatable bonds is 3. The van der Waals surface area contributed by atoms with Crippen LogP contribution in [0.2, 0.25) is 0 Å². The molecule has 7 nitrogen and oxygen atoms in total. The van der Waals surface area contributed by atoms with Gasteiger partial charge in [0.05, 0.1) is 6.61 Å². The van der Waals surface area contributed by atoms with Crippen molar-refractivity contribution in [1.29, 1.82) is 0 Å². The summed E-state index contributed by atoms with van der Waals surface area (Å²) in [6, 6.07) is 6.04. The van der Waals surface area contributed by atoms with Gasteiger partial charge in [0.2, 0.25) is 11.9 Å². The number of imidazole rings is 1. The van der Waals surface area contributed by atoms with Crippen LogP contribution in [0.15, 0.2) is 30.6 Å². The summed E-state index contributed by atoms with van der Waals surface area (Å²) in [7, 11) is 0. The van der Waals surface area contributed by atoms with E-state index >= 15 is 0 Å². The fourth-order valence-corrected chi connectivity index (χ4v) is 2.91. The molecule has 4 N–H and O–H groups in total. The molecule has 1 saturated heterocycles. The summed E-state index contributed by atoms with van der Waals surface area (Å²) < 4.78 is 5.52. The van der Waals surface area contributed by atoms with E-state index in [1.54, 1.807) is 12.4 Å². The van der Waals surface area contributed by atoms with E-state index in [-0.39, 0.29) is 18.0 Å². The Bertz CT molecular complexity index is 685. The van der Waals surface area contributed by atoms with E-state index in [0.29, 0.717) is 12.4 Å². The van der Waals surface area contributed by atoms with E-state index in [2.05, 4.69) is 38.3 Å². The second-order valence-electron chi connectivity index (χ2n) is 5.52. The Morgan fingerprint density at radius 3 is 3.18 bits per heavy atom. The smallest absolute Gasteiger partial charge is 0.245 e. The highest BCUT2D eigenvalue weighted by Gasteiger charge is 2.31. The van der Waals surface area contributed by atoms with Crippen molar-refractivity contribution >= 4 is 11.9 Å². The predicted octanol–water partition coefficient (Wildman–Crippen LogP) is 0.891. The lowest BCUT2D eigenvalue weighted by Crippen LogP contribution is -2.39. The van der Waals surface area contributed by atoms with Crippen LogP contribution in [-0.4, -0.2) is 28.5 Å². The summed E-state index contributed by atoms with van der Waals surface area (Å²) in [6.45, 7) is 0.753. The van der Waals surface area contributed by atoms with Crippen molar-refractivity contribution in [2.24, 2.45) is 0 Å². The van der Waals surface area contributed by atoms with Crippen LogP contribution < -0.4 is 20.9 Å². The summed E-state index contributed by atoms with van der Waals surface area (Å²) in [4.78, 5) is 19.0. The number of benzene rings is 1. The van der Waals surface area contributed by atoms with Gasteiger partial charge in [0, 0.05) is 24.9 Å². The van der Waals surface area contributed by atoms with Crippen LogP contribution in [0.3, 0.4) is 0 Å². The molecule has 2 unspecified atom stereocenters. The molecule has 2 aliphatic rings. The highest BCUT2D eigenvalue weighted by molar-refractivity contribution is 5.93. The number of aromatic nitrogens is 2. The van der Waals surface area contributed by atoms with Crippen LogP contribution in [0.5, 0.6) is 5.75 Å². The number of amides is 1. The predicted molar refractivity (Wildman–Crippen MR) is 80.3 cm³/mol. The van der Waals surface area contributed by atoms with Gasteiger partial charge in [0.15, 0.2) is 0 Å². The Kier molecular flexibility index (Phi) is 3.28. The molecule has 0 radical (unpaired) electrons. The number of hydrogen-bond acceptors (Lipinski definition) is 5. The minimum absolute atomic E-state index is 0.102. The average molecular weight is 299 g/mol. The molecule has 2 aliphatic heterocycles. The van der Waals surface area contributed by atoms with Crippen LogP contribution in [0, 0.1) is 0 Å². The number of H-pyrrole nitrogens is 1. The molecule has 1 fully saturated rings. The number of carbonyl (C=O) groups is 1. The van der Waals surface area contributed by atoms with Crippen molar-refractivity contribution < 1.29 is 9.53 Å². The third kappa shape index (κ3) is 2.44. The van der Waals surface area contributed by atoms with E-state index in [4.69, 9.17) is 4.74 Å². The summed E-state index contributed by atoms with van der Waals surface area (Å²) in [5.41, 5.74) is 8.65. The SMILES string of the molecule is O=C(Nc1ncc[nH]1)C1CC(c2ccc3c(c2)CCO3)NN1. The number of nitrogens with zero attached hydrogens (tertiary/aromatic N) is 1. The standard InChI is InChI=1S/C15H17N5O2/c21-14(18-15-16-4-5-17-15)12-8-11(19-20-12)9-1-2-13-10(7-9)3-6-22-13/h1-2,4-5,7,11-12,19-20H,3,6,8H2,(H2,16,17,18,21). The first-order chi connectivity index (χ1) is 10.8. The zero-order chi connectivity index (χ0) is 14.9. The van der Waals surface area contributed by atoms with Crippen molar-refractivity contribution in [1.82, 2.24) is 20.8 Å². The van der Waals surface area contributed by atoms with Gasteiger partial charge in [-0.3, -0.25) is 10.1 Å². The molecule has 1 aromatic heterocycles. The fourth-order valence-electron chi connectivity index (χ4n) is 2.91. The number of carbonyl (C=O) groups excluding carboxylic acids is 1. The lowest BCUT2D eigenvalue weighted by molar-refractivity contribution is -0.117. The third-order valence-corrected chi connectivity index (χ3v) is 4.08. The number of aromatic amines is 1. The monoisotopic (exact) mass is 299 g/mol.